The number of carbonyl (C=O) groups excluding carboxylic acids is 2. The Hall–Kier alpha value is -3.19. The van der Waals surface area contributed by atoms with E-state index >= 15 is 0 Å². The number of ketones is 1. The molecule has 2 heterocycles. The molecule has 6 nitrogen and oxygen atoms in total. The maximum absolute atomic E-state index is 13.1. The summed E-state index contributed by atoms with van der Waals surface area (Å²) in [7, 11) is 0. The second-order valence-electron chi connectivity index (χ2n) is 8.10. The Morgan fingerprint density at radius 1 is 1.16 bits per heavy atom. The van der Waals surface area contributed by atoms with Crippen LogP contribution in [-0.4, -0.2) is 26.9 Å². The summed E-state index contributed by atoms with van der Waals surface area (Å²) in [6, 6.07) is 11.5. The van der Waals surface area contributed by atoms with Gasteiger partial charge >= 0.3 is 0 Å². The molecule has 1 aliphatic heterocycles. The Morgan fingerprint density at radius 3 is 2.52 bits per heavy atom. The summed E-state index contributed by atoms with van der Waals surface area (Å²) in [5, 5.41) is 20.8. The molecule has 7 heteroatoms. The van der Waals surface area contributed by atoms with Crippen LogP contribution in [0.1, 0.15) is 44.4 Å². The van der Waals surface area contributed by atoms with Crippen molar-refractivity contribution in [2.45, 2.75) is 39.7 Å². The quantitative estimate of drug-likeness (QED) is 0.562. The van der Waals surface area contributed by atoms with E-state index in [-0.39, 0.29) is 29.4 Å². The summed E-state index contributed by atoms with van der Waals surface area (Å²) in [4.78, 5) is 32.2. The van der Waals surface area contributed by atoms with Gasteiger partial charge in [0.25, 0.3) is 5.91 Å². The number of anilines is 1. The van der Waals surface area contributed by atoms with Crippen LogP contribution in [-0.2, 0) is 16.0 Å². The number of aromatic hydroxyl groups is 1. The number of benzene rings is 2. The van der Waals surface area contributed by atoms with E-state index in [4.69, 9.17) is 0 Å². The summed E-state index contributed by atoms with van der Waals surface area (Å²) < 4.78 is 0.938. The predicted molar refractivity (Wildman–Crippen MR) is 121 cm³/mol. The number of aryl methyl sites for hydroxylation is 1. The highest BCUT2D eigenvalue weighted by molar-refractivity contribution is 7.22. The molecule has 0 fully saturated rings. The smallest absolute Gasteiger partial charge is 0.296 e. The van der Waals surface area contributed by atoms with E-state index in [1.807, 2.05) is 32.0 Å². The Kier molecular flexibility index (Phi) is 5.54. The molecule has 1 aliphatic rings. The molecule has 0 radical (unpaired) electrons. The molecule has 1 amide bonds. The Bertz CT molecular complexity index is 1190. The van der Waals surface area contributed by atoms with Crippen molar-refractivity contribution in [3.63, 3.8) is 0 Å². The normalized spacial score (nSPS) is 16.7. The highest BCUT2D eigenvalue weighted by Crippen LogP contribution is 2.44. The standard InChI is InChI=1S/C24H24N2O4S/c1-4-14-5-10-17-19(12-14)31-24(25-17)26-21(15-6-8-16(27)9-7-15)20(22(29)23(26)30)18(28)11-13(2)3/h5-10,12-13,21,27,29H,4,11H2,1-3H3. The molecule has 0 saturated carbocycles. The lowest BCUT2D eigenvalue weighted by atomic mass is 9.92. The van der Waals surface area contributed by atoms with Gasteiger partial charge in [-0.05, 0) is 47.7 Å². The summed E-state index contributed by atoms with van der Waals surface area (Å²) in [6.07, 6.45) is 1.10. The first-order valence-corrected chi connectivity index (χ1v) is 11.1. The molecule has 160 valence electrons. The monoisotopic (exact) mass is 436 g/mol. The Labute approximate surface area is 184 Å². The molecule has 31 heavy (non-hydrogen) atoms. The maximum Gasteiger partial charge on any atom is 0.296 e. The van der Waals surface area contributed by atoms with E-state index in [1.54, 1.807) is 12.1 Å². The number of phenolic OH excluding ortho intramolecular Hbond substituents is 1. The van der Waals surface area contributed by atoms with Crippen LogP contribution in [0.2, 0.25) is 0 Å². The number of Topliss-reactive ketones (excluding diaryl/α,β-unsaturated/α-hetero) is 1. The topological polar surface area (TPSA) is 90.7 Å². The number of aromatic nitrogens is 1. The van der Waals surface area contributed by atoms with Crippen molar-refractivity contribution in [2.24, 2.45) is 5.92 Å². The van der Waals surface area contributed by atoms with E-state index in [0.717, 1.165) is 16.6 Å². The molecule has 0 aliphatic carbocycles. The highest BCUT2D eigenvalue weighted by atomic mass is 32.1. The van der Waals surface area contributed by atoms with Crippen molar-refractivity contribution in [2.75, 3.05) is 4.90 Å². The van der Waals surface area contributed by atoms with Crippen molar-refractivity contribution < 1.29 is 19.8 Å². The number of aliphatic hydroxyl groups excluding tert-OH is 1. The minimum Gasteiger partial charge on any atom is -0.508 e. The van der Waals surface area contributed by atoms with Crippen LogP contribution in [0.25, 0.3) is 10.2 Å². The zero-order chi connectivity index (χ0) is 22.3. The minimum atomic E-state index is -0.800. The lowest BCUT2D eigenvalue weighted by Crippen LogP contribution is -2.31. The number of fused-ring (bicyclic) bond motifs is 1. The van der Waals surface area contributed by atoms with Crippen molar-refractivity contribution in [3.05, 3.63) is 64.9 Å². The third-order valence-corrected chi connectivity index (χ3v) is 6.38. The molecular weight excluding hydrogens is 412 g/mol. The van der Waals surface area contributed by atoms with E-state index in [1.165, 1.54) is 33.9 Å². The fourth-order valence-corrected chi connectivity index (χ4v) is 4.88. The summed E-state index contributed by atoms with van der Waals surface area (Å²) >= 11 is 1.35. The molecule has 0 saturated heterocycles. The van der Waals surface area contributed by atoms with Gasteiger partial charge in [-0.1, -0.05) is 50.3 Å². The van der Waals surface area contributed by atoms with Gasteiger partial charge in [0.05, 0.1) is 21.8 Å². The fourth-order valence-electron chi connectivity index (χ4n) is 3.82. The lowest BCUT2D eigenvalue weighted by Gasteiger charge is -2.24. The van der Waals surface area contributed by atoms with E-state index in [9.17, 15) is 19.8 Å². The molecule has 3 aromatic rings. The molecule has 2 N–H and O–H groups in total. The third-order valence-electron chi connectivity index (χ3n) is 5.37. The zero-order valence-electron chi connectivity index (χ0n) is 17.6. The predicted octanol–water partition coefficient (Wildman–Crippen LogP) is 5.08. The van der Waals surface area contributed by atoms with E-state index in [0.29, 0.717) is 10.7 Å². The first-order valence-electron chi connectivity index (χ1n) is 10.3. The number of aliphatic hydroxyl groups is 1. The molecule has 1 unspecified atom stereocenters. The number of thiazole rings is 1. The van der Waals surface area contributed by atoms with Crippen LogP contribution in [0.4, 0.5) is 5.13 Å². The second-order valence-corrected chi connectivity index (χ2v) is 9.11. The number of amides is 1. The highest BCUT2D eigenvalue weighted by Gasteiger charge is 2.45. The minimum absolute atomic E-state index is 0.0762. The molecule has 1 aromatic heterocycles. The van der Waals surface area contributed by atoms with Crippen LogP contribution in [0.15, 0.2) is 53.8 Å². The van der Waals surface area contributed by atoms with Gasteiger partial charge in [-0.25, -0.2) is 4.98 Å². The van der Waals surface area contributed by atoms with E-state index in [2.05, 4.69) is 11.9 Å². The van der Waals surface area contributed by atoms with Gasteiger partial charge in [-0.15, -0.1) is 0 Å². The van der Waals surface area contributed by atoms with Crippen LogP contribution in [0, 0.1) is 5.92 Å². The SMILES string of the molecule is CCc1ccc2nc(N3C(=O)C(O)=C(C(=O)CC(C)C)C3c3ccc(O)cc3)sc2c1. The first kappa shape index (κ1) is 21.1. The van der Waals surface area contributed by atoms with Gasteiger partial charge in [0, 0.05) is 6.42 Å². The fraction of sp³-hybridized carbons (Fsp3) is 0.292. The van der Waals surface area contributed by atoms with E-state index < -0.39 is 17.7 Å². The van der Waals surface area contributed by atoms with Crippen molar-refractivity contribution in [1.29, 1.82) is 0 Å². The maximum atomic E-state index is 13.1. The summed E-state index contributed by atoms with van der Waals surface area (Å²) in [6.45, 7) is 5.90. The van der Waals surface area contributed by atoms with Crippen LogP contribution >= 0.6 is 11.3 Å². The number of carbonyl (C=O) groups is 2. The van der Waals surface area contributed by atoms with Crippen molar-refractivity contribution in [3.8, 4) is 5.75 Å². The van der Waals surface area contributed by atoms with Gasteiger partial charge in [0.1, 0.15) is 5.75 Å². The first-order chi connectivity index (χ1) is 14.8. The molecule has 4 rings (SSSR count). The van der Waals surface area contributed by atoms with Crippen LogP contribution in [0.3, 0.4) is 0 Å². The summed E-state index contributed by atoms with van der Waals surface area (Å²) in [5.41, 5.74) is 2.63. The number of rotatable bonds is 6. The molecule has 2 aromatic carbocycles. The third kappa shape index (κ3) is 3.81. The van der Waals surface area contributed by atoms with Crippen LogP contribution in [0.5, 0.6) is 5.75 Å². The molecule has 1 atom stereocenters. The lowest BCUT2D eigenvalue weighted by molar-refractivity contribution is -0.118. The largest absolute Gasteiger partial charge is 0.508 e. The number of hydrogen-bond donors (Lipinski definition) is 2. The Morgan fingerprint density at radius 2 is 1.87 bits per heavy atom. The zero-order valence-corrected chi connectivity index (χ0v) is 18.4. The average molecular weight is 437 g/mol. The van der Waals surface area contributed by atoms with Gasteiger partial charge in [0.15, 0.2) is 16.7 Å². The van der Waals surface area contributed by atoms with Gasteiger partial charge in [-0.2, -0.15) is 0 Å². The Balaban J connectivity index is 1.85. The number of phenols is 1. The molecular formula is C24H24N2O4S. The molecule has 0 spiro atoms. The van der Waals surface area contributed by atoms with Crippen molar-refractivity contribution >= 4 is 38.4 Å². The van der Waals surface area contributed by atoms with Gasteiger partial charge < -0.3 is 10.2 Å². The summed E-state index contributed by atoms with van der Waals surface area (Å²) in [5.74, 6) is -1.28. The average Bonchev–Trinajstić information content (AvgIpc) is 3.26. The number of hydrogen-bond acceptors (Lipinski definition) is 6. The van der Waals surface area contributed by atoms with Gasteiger partial charge in [0.2, 0.25) is 0 Å². The van der Waals surface area contributed by atoms with Crippen LogP contribution < -0.4 is 4.90 Å². The van der Waals surface area contributed by atoms with Gasteiger partial charge in [-0.3, -0.25) is 14.5 Å². The number of nitrogens with zero attached hydrogens (tertiary/aromatic N) is 2. The molecule has 0 bridgehead atoms. The second kappa shape index (κ2) is 8.15. The van der Waals surface area contributed by atoms with Crippen molar-refractivity contribution in [1.82, 2.24) is 4.98 Å².